The Morgan fingerprint density at radius 2 is 1.89 bits per heavy atom. The minimum atomic E-state index is 0. The second-order valence-corrected chi connectivity index (χ2v) is 7.27. The van der Waals surface area contributed by atoms with Gasteiger partial charge < -0.3 is 25.2 Å². The highest BCUT2D eigenvalue weighted by molar-refractivity contribution is 14.0. The van der Waals surface area contributed by atoms with Gasteiger partial charge in [-0.1, -0.05) is 24.6 Å². The largest absolute Gasteiger partial charge is 0.496 e. The summed E-state index contributed by atoms with van der Waals surface area (Å²) < 4.78 is 5.55. The number of piperidine rings is 1. The molecule has 1 atom stereocenters. The van der Waals surface area contributed by atoms with Gasteiger partial charge in [0.1, 0.15) is 5.75 Å². The number of ether oxygens (including phenoxy) is 1. The smallest absolute Gasteiger partial charge is 0.191 e. The third-order valence-electron chi connectivity index (χ3n) is 5.06. The number of hydrogen-bond acceptors (Lipinski definition) is 4. The fourth-order valence-corrected chi connectivity index (χ4v) is 3.52. The predicted octanol–water partition coefficient (Wildman–Crippen LogP) is 2.96. The molecule has 2 rings (SSSR count). The van der Waals surface area contributed by atoms with Gasteiger partial charge in [0.25, 0.3) is 0 Å². The normalized spacial score (nSPS) is 16.4. The third-order valence-corrected chi connectivity index (χ3v) is 5.06. The van der Waals surface area contributed by atoms with Crippen molar-refractivity contribution in [3.8, 4) is 5.75 Å². The molecule has 0 aliphatic carbocycles. The molecule has 0 amide bonds. The van der Waals surface area contributed by atoms with Gasteiger partial charge in [0, 0.05) is 25.2 Å². The van der Waals surface area contributed by atoms with Crippen molar-refractivity contribution < 1.29 is 4.74 Å². The summed E-state index contributed by atoms with van der Waals surface area (Å²) in [5.74, 6) is 1.80. The average Bonchev–Trinajstić information content (AvgIpc) is 2.69. The van der Waals surface area contributed by atoms with Crippen molar-refractivity contribution in [2.24, 2.45) is 4.99 Å². The van der Waals surface area contributed by atoms with Gasteiger partial charge in [-0.25, -0.2) is 0 Å². The summed E-state index contributed by atoms with van der Waals surface area (Å²) in [7, 11) is 5.90. The van der Waals surface area contributed by atoms with Crippen LogP contribution in [0.15, 0.2) is 29.3 Å². The van der Waals surface area contributed by atoms with E-state index in [0.29, 0.717) is 6.54 Å². The number of likely N-dealkylation sites (N-methyl/N-ethyl adjacent to an activating group) is 1. The molecule has 0 bridgehead atoms. The van der Waals surface area contributed by atoms with E-state index in [1.54, 1.807) is 7.11 Å². The van der Waals surface area contributed by atoms with Crippen LogP contribution in [0.4, 0.5) is 0 Å². The van der Waals surface area contributed by atoms with Crippen LogP contribution in [-0.4, -0.2) is 76.2 Å². The van der Waals surface area contributed by atoms with Crippen molar-refractivity contribution in [3.05, 3.63) is 29.8 Å². The number of likely N-dealkylation sites (tertiary alicyclic amines) is 1. The van der Waals surface area contributed by atoms with Crippen molar-refractivity contribution in [1.29, 1.82) is 0 Å². The summed E-state index contributed by atoms with van der Waals surface area (Å²) in [6.07, 6.45) is 4.04. The predicted molar refractivity (Wildman–Crippen MR) is 129 cm³/mol. The lowest BCUT2D eigenvalue weighted by Gasteiger charge is -2.27. The molecule has 1 fully saturated rings. The molecular formula is C21H38IN5O. The first-order chi connectivity index (χ1) is 13.2. The van der Waals surface area contributed by atoms with Crippen molar-refractivity contribution in [2.45, 2.75) is 32.2 Å². The monoisotopic (exact) mass is 503 g/mol. The maximum absolute atomic E-state index is 5.55. The highest BCUT2D eigenvalue weighted by atomic mass is 127. The molecule has 1 aromatic rings. The molecule has 1 unspecified atom stereocenters. The first kappa shape index (κ1) is 25.0. The zero-order chi connectivity index (χ0) is 19.5. The van der Waals surface area contributed by atoms with Gasteiger partial charge >= 0.3 is 0 Å². The summed E-state index contributed by atoms with van der Waals surface area (Å²) >= 11 is 0. The van der Waals surface area contributed by atoms with E-state index in [4.69, 9.17) is 9.73 Å². The second-order valence-electron chi connectivity index (χ2n) is 7.27. The highest BCUT2D eigenvalue weighted by Crippen LogP contribution is 2.28. The number of rotatable bonds is 9. The third kappa shape index (κ3) is 8.13. The molecule has 1 saturated heterocycles. The van der Waals surface area contributed by atoms with Gasteiger partial charge in [-0.3, -0.25) is 4.99 Å². The summed E-state index contributed by atoms with van der Waals surface area (Å²) in [5, 5.41) is 6.86. The molecule has 1 heterocycles. The van der Waals surface area contributed by atoms with Crippen LogP contribution in [-0.2, 0) is 0 Å². The highest BCUT2D eigenvalue weighted by Gasteiger charge is 2.18. The molecule has 1 aromatic carbocycles. The number of para-hydroxylation sites is 1. The van der Waals surface area contributed by atoms with Crippen LogP contribution in [0, 0.1) is 0 Å². The Balaban J connectivity index is 0.00000392. The Kier molecular flexibility index (Phi) is 12.5. The molecule has 2 N–H and O–H groups in total. The van der Waals surface area contributed by atoms with Crippen LogP contribution in [0.3, 0.4) is 0 Å². The standard InChI is InChI=1S/C21H37N5O.HI/c1-5-22-21(23-13-16-26-14-9-6-10-15-26)24-17-19(25(2)3)18-11-7-8-12-20(18)27-4;/h7-8,11-12,19H,5-6,9-10,13-17H2,1-4H3,(H2,22,23,24);1H. The quantitative estimate of drug-likeness (QED) is 0.309. The zero-order valence-corrected chi connectivity index (χ0v) is 20.2. The van der Waals surface area contributed by atoms with Crippen molar-refractivity contribution >= 4 is 29.9 Å². The Morgan fingerprint density at radius 1 is 1.18 bits per heavy atom. The summed E-state index contributed by atoms with van der Waals surface area (Å²) in [5.41, 5.74) is 1.16. The first-order valence-electron chi connectivity index (χ1n) is 10.2. The lowest BCUT2D eigenvalue weighted by Crippen LogP contribution is -2.43. The molecule has 28 heavy (non-hydrogen) atoms. The van der Waals surface area contributed by atoms with E-state index in [9.17, 15) is 0 Å². The maximum Gasteiger partial charge on any atom is 0.191 e. The van der Waals surface area contributed by atoms with Crippen molar-refractivity contribution in [3.63, 3.8) is 0 Å². The van der Waals surface area contributed by atoms with Gasteiger partial charge in [-0.2, -0.15) is 0 Å². The Bertz CT molecular complexity index is 576. The van der Waals surface area contributed by atoms with E-state index in [0.717, 1.165) is 36.9 Å². The number of hydrogen-bond donors (Lipinski definition) is 2. The van der Waals surface area contributed by atoms with Gasteiger partial charge in [0.15, 0.2) is 5.96 Å². The second kappa shape index (κ2) is 14.0. The topological polar surface area (TPSA) is 52.1 Å². The van der Waals surface area contributed by atoms with E-state index >= 15 is 0 Å². The lowest BCUT2D eigenvalue weighted by atomic mass is 10.0. The van der Waals surface area contributed by atoms with E-state index in [2.05, 4.69) is 53.6 Å². The summed E-state index contributed by atoms with van der Waals surface area (Å²) in [4.78, 5) is 9.58. The Morgan fingerprint density at radius 3 is 2.54 bits per heavy atom. The SMILES string of the molecule is CCNC(=NCC(c1ccccc1OC)N(C)C)NCCN1CCCCC1.I. The minimum Gasteiger partial charge on any atom is -0.496 e. The van der Waals surface area contributed by atoms with Gasteiger partial charge in [0.05, 0.1) is 19.7 Å². The Hall–Kier alpha value is -1.06. The fraction of sp³-hybridized carbons (Fsp3) is 0.667. The summed E-state index contributed by atoms with van der Waals surface area (Å²) in [6, 6.07) is 8.36. The number of methoxy groups -OCH3 is 1. The van der Waals surface area contributed by atoms with Gasteiger partial charge in [-0.05, 0) is 53.0 Å². The number of guanidine groups is 1. The van der Waals surface area contributed by atoms with Crippen LogP contribution in [0.2, 0.25) is 0 Å². The number of benzene rings is 1. The van der Waals surface area contributed by atoms with Gasteiger partial charge in [-0.15, -0.1) is 24.0 Å². The van der Waals surface area contributed by atoms with E-state index in [1.807, 2.05) is 12.1 Å². The molecule has 7 heteroatoms. The number of nitrogens with zero attached hydrogens (tertiary/aromatic N) is 3. The molecule has 160 valence electrons. The molecular weight excluding hydrogens is 465 g/mol. The summed E-state index contributed by atoms with van der Waals surface area (Å²) in [6.45, 7) is 8.09. The number of aliphatic imine (C=N–C) groups is 1. The molecule has 0 spiro atoms. The zero-order valence-electron chi connectivity index (χ0n) is 17.9. The van der Waals surface area contributed by atoms with Crippen LogP contribution in [0.1, 0.15) is 37.8 Å². The molecule has 1 aliphatic heterocycles. The van der Waals surface area contributed by atoms with Crippen LogP contribution in [0.5, 0.6) is 5.75 Å². The molecule has 1 aliphatic rings. The van der Waals surface area contributed by atoms with Crippen LogP contribution < -0.4 is 15.4 Å². The van der Waals surface area contributed by atoms with E-state index < -0.39 is 0 Å². The first-order valence-corrected chi connectivity index (χ1v) is 10.2. The molecule has 6 nitrogen and oxygen atoms in total. The van der Waals surface area contributed by atoms with Crippen LogP contribution >= 0.6 is 24.0 Å². The number of halogens is 1. The van der Waals surface area contributed by atoms with Crippen molar-refractivity contribution in [2.75, 3.05) is 60.5 Å². The molecule has 0 saturated carbocycles. The fourth-order valence-electron chi connectivity index (χ4n) is 3.52. The maximum atomic E-state index is 5.55. The molecule has 0 radical (unpaired) electrons. The minimum absolute atomic E-state index is 0. The van der Waals surface area contributed by atoms with Crippen LogP contribution in [0.25, 0.3) is 0 Å². The van der Waals surface area contributed by atoms with E-state index in [-0.39, 0.29) is 30.0 Å². The lowest BCUT2D eigenvalue weighted by molar-refractivity contribution is 0.232. The molecule has 0 aromatic heterocycles. The Labute approximate surface area is 188 Å². The van der Waals surface area contributed by atoms with Crippen molar-refractivity contribution in [1.82, 2.24) is 20.4 Å². The van der Waals surface area contributed by atoms with E-state index in [1.165, 1.54) is 32.4 Å². The number of nitrogens with one attached hydrogen (secondary N) is 2. The van der Waals surface area contributed by atoms with Gasteiger partial charge in [0.2, 0.25) is 0 Å². The average molecular weight is 503 g/mol.